The smallest absolute Gasteiger partial charge is 0.731 e. The average Bonchev–Trinajstić information content (AvgIpc) is 2.15. The van der Waals surface area contributed by atoms with Gasteiger partial charge in [-0.15, -0.1) is 0 Å². The molecule has 0 saturated carbocycles. The van der Waals surface area contributed by atoms with Gasteiger partial charge >= 0.3 is 29.6 Å². The summed E-state index contributed by atoms with van der Waals surface area (Å²) in [6.07, 6.45) is 0. The zero-order chi connectivity index (χ0) is 12.3. The molecule has 6 nitrogen and oxygen atoms in total. The van der Waals surface area contributed by atoms with Crippen LogP contribution in [0.2, 0.25) is 0 Å². The normalized spacial score (nSPS) is 10.3. The summed E-state index contributed by atoms with van der Waals surface area (Å²) in [5, 5.41) is 0. The second kappa shape index (κ2) is 6.36. The van der Waals surface area contributed by atoms with Crippen molar-refractivity contribution in [1.82, 2.24) is 4.90 Å². The van der Waals surface area contributed by atoms with Gasteiger partial charge in [0.15, 0.2) is 10.3 Å². The Bertz CT molecular complexity index is 501. The number of carbonyl (C=O) groups is 1. The first-order valence-electron chi connectivity index (χ1n) is 4.35. The number of amides is 1. The molecule has 0 aromatic heterocycles. The van der Waals surface area contributed by atoms with Gasteiger partial charge in [0.25, 0.3) is 5.91 Å². The van der Waals surface area contributed by atoms with Crippen molar-refractivity contribution in [2.24, 2.45) is 0 Å². The summed E-state index contributed by atoms with van der Waals surface area (Å²) in [7, 11) is -1.56. The van der Waals surface area contributed by atoms with E-state index < -0.39 is 10.3 Å². The van der Waals surface area contributed by atoms with Crippen LogP contribution in [0.1, 0.15) is 10.4 Å². The monoisotopic (exact) mass is 266 g/mol. The fourth-order valence-electron chi connectivity index (χ4n) is 1.13. The van der Waals surface area contributed by atoms with Crippen LogP contribution in [0.3, 0.4) is 0 Å². The summed E-state index contributed by atoms with van der Waals surface area (Å²) in [4.78, 5) is 12.9. The minimum absolute atomic E-state index is 0. The molecule has 8 heteroatoms. The molecule has 0 bridgehead atoms. The van der Waals surface area contributed by atoms with E-state index in [0.717, 1.165) is 0 Å². The summed E-state index contributed by atoms with van der Waals surface area (Å²) in [6, 6.07) is 5.90. The number of benzene rings is 1. The van der Waals surface area contributed by atoms with Crippen molar-refractivity contribution in [3.05, 3.63) is 29.8 Å². The third-order valence-corrected chi connectivity index (χ3v) is 2.27. The summed E-state index contributed by atoms with van der Waals surface area (Å²) < 4.78 is 33.4. The molecule has 0 atom stereocenters. The van der Waals surface area contributed by atoms with E-state index in [-0.39, 0.29) is 46.7 Å². The Kier molecular flexibility index (Phi) is 6.14. The molecule has 88 valence electrons. The molecule has 17 heavy (non-hydrogen) atoms. The summed E-state index contributed by atoms with van der Waals surface area (Å²) in [6.45, 7) is 0. The Balaban J connectivity index is 0.00000256. The van der Waals surface area contributed by atoms with Crippen molar-refractivity contribution in [3.8, 4) is 0 Å². The molecular weight excluding hydrogens is 255 g/mol. The molecule has 0 aliphatic heterocycles. The van der Waals surface area contributed by atoms with Crippen LogP contribution in [0.4, 0.5) is 5.69 Å². The molecule has 1 aromatic rings. The number of nitrogens with one attached hydrogen (secondary N) is 1. The minimum atomic E-state index is -4.63. The van der Waals surface area contributed by atoms with Crippen molar-refractivity contribution in [3.63, 3.8) is 0 Å². The van der Waals surface area contributed by atoms with Crippen molar-refractivity contribution >= 4 is 21.9 Å². The number of hydrogen-bond acceptors (Lipinski definition) is 4. The number of para-hydroxylation sites is 1. The van der Waals surface area contributed by atoms with Gasteiger partial charge in [0.05, 0.1) is 11.3 Å². The first-order chi connectivity index (χ1) is 7.31. The number of hydrogen-bond donors (Lipinski definition) is 1. The maximum Gasteiger partial charge on any atom is 1.00 e. The van der Waals surface area contributed by atoms with E-state index in [1.165, 1.54) is 37.2 Å². The van der Waals surface area contributed by atoms with E-state index in [2.05, 4.69) is 0 Å². The second-order valence-electron chi connectivity index (χ2n) is 3.30. The molecule has 1 aromatic carbocycles. The molecule has 0 saturated heterocycles. The van der Waals surface area contributed by atoms with Crippen LogP contribution in [0, 0.1) is 0 Å². The molecule has 0 unspecified atom stereocenters. The topological polar surface area (TPSA) is 89.5 Å². The fraction of sp³-hybridized carbons (Fsp3) is 0.222. The maximum absolute atomic E-state index is 11.6. The van der Waals surface area contributed by atoms with Crippen LogP contribution < -0.4 is 34.3 Å². The maximum atomic E-state index is 11.6. The zero-order valence-electron chi connectivity index (χ0n) is 9.80. The van der Waals surface area contributed by atoms with Gasteiger partial charge in [-0.05, 0) is 12.1 Å². The van der Waals surface area contributed by atoms with Crippen molar-refractivity contribution in [2.45, 2.75) is 0 Å². The van der Waals surface area contributed by atoms with Crippen LogP contribution in [0.15, 0.2) is 24.3 Å². The molecule has 1 amide bonds. The molecule has 0 radical (unpaired) electrons. The fourth-order valence-corrected chi connectivity index (χ4v) is 1.58. The van der Waals surface area contributed by atoms with Gasteiger partial charge in [0.2, 0.25) is 0 Å². The van der Waals surface area contributed by atoms with Crippen LogP contribution >= 0.6 is 0 Å². The number of nitrogens with zero attached hydrogens (tertiary/aromatic N) is 1. The molecular formula is C9H11N2NaO4S. The molecule has 0 aliphatic carbocycles. The van der Waals surface area contributed by atoms with Gasteiger partial charge in [-0.3, -0.25) is 9.52 Å². The summed E-state index contributed by atoms with van der Waals surface area (Å²) in [5.74, 6) is -0.383. The molecule has 1 rings (SSSR count). The third-order valence-electron chi connectivity index (χ3n) is 1.80. The Morgan fingerprint density at radius 2 is 1.82 bits per heavy atom. The molecule has 0 fully saturated rings. The average molecular weight is 266 g/mol. The Labute approximate surface area is 122 Å². The zero-order valence-corrected chi connectivity index (χ0v) is 12.6. The van der Waals surface area contributed by atoms with E-state index in [0.29, 0.717) is 0 Å². The van der Waals surface area contributed by atoms with E-state index in [9.17, 15) is 17.8 Å². The van der Waals surface area contributed by atoms with Crippen LogP contribution in [0.5, 0.6) is 0 Å². The van der Waals surface area contributed by atoms with Crippen molar-refractivity contribution in [2.75, 3.05) is 18.8 Å². The molecule has 1 N–H and O–H groups in total. The predicted octanol–water partition coefficient (Wildman–Crippen LogP) is -2.74. The van der Waals surface area contributed by atoms with Gasteiger partial charge in [-0.2, -0.15) is 0 Å². The Morgan fingerprint density at radius 1 is 1.29 bits per heavy atom. The number of rotatable bonds is 3. The van der Waals surface area contributed by atoms with E-state index in [1.54, 1.807) is 10.8 Å². The van der Waals surface area contributed by atoms with Crippen LogP contribution in [-0.2, 0) is 10.3 Å². The molecule has 0 heterocycles. The first kappa shape index (κ1) is 16.4. The third kappa shape index (κ3) is 5.05. The molecule has 0 spiro atoms. The SMILES string of the molecule is CN(C)C(=O)c1ccccc1NS(=O)(=O)[O-].[Na+]. The predicted molar refractivity (Wildman–Crippen MR) is 57.8 cm³/mol. The molecule has 0 aliphatic rings. The van der Waals surface area contributed by atoms with Gasteiger partial charge in [0.1, 0.15) is 0 Å². The van der Waals surface area contributed by atoms with E-state index >= 15 is 0 Å². The minimum Gasteiger partial charge on any atom is -0.731 e. The Hall–Kier alpha value is -0.600. The summed E-state index contributed by atoms with van der Waals surface area (Å²) >= 11 is 0. The first-order valence-corrected chi connectivity index (χ1v) is 5.76. The Morgan fingerprint density at radius 3 is 2.29 bits per heavy atom. The standard InChI is InChI=1S/C9H12N2O4S.Na/c1-11(2)9(12)7-5-3-4-6-8(7)10-16(13,14)15;/h3-6,10H,1-2H3,(H,13,14,15);/q;+1/p-1. The van der Waals surface area contributed by atoms with Gasteiger partial charge in [0, 0.05) is 14.1 Å². The van der Waals surface area contributed by atoms with Gasteiger partial charge in [-0.1, -0.05) is 12.1 Å². The quantitative estimate of drug-likeness (QED) is 0.475. The van der Waals surface area contributed by atoms with Crippen molar-refractivity contribution in [1.29, 1.82) is 0 Å². The van der Waals surface area contributed by atoms with E-state index in [1.807, 2.05) is 0 Å². The second-order valence-corrected chi connectivity index (χ2v) is 4.41. The number of carbonyl (C=O) groups excluding carboxylic acids is 1. The van der Waals surface area contributed by atoms with Gasteiger partial charge < -0.3 is 9.45 Å². The van der Waals surface area contributed by atoms with E-state index in [4.69, 9.17) is 0 Å². The van der Waals surface area contributed by atoms with Gasteiger partial charge in [-0.25, -0.2) is 8.42 Å². The number of anilines is 1. The van der Waals surface area contributed by atoms with Crippen molar-refractivity contribution < 1.29 is 47.3 Å². The van der Waals surface area contributed by atoms with Crippen LogP contribution in [-0.4, -0.2) is 37.9 Å². The largest absolute Gasteiger partial charge is 1.00 e. The van der Waals surface area contributed by atoms with Crippen LogP contribution in [0.25, 0.3) is 0 Å². The summed E-state index contributed by atoms with van der Waals surface area (Å²) in [5.41, 5.74) is 0.114.